The molecular weight excluding hydrogens is 302 g/mol. The average molecular weight is 331 g/mol. The molecule has 132 valence electrons. The fourth-order valence-electron chi connectivity index (χ4n) is 3.17. The highest BCUT2D eigenvalue weighted by Gasteiger charge is 2.25. The summed E-state index contributed by atoms with van der Waals surface area (Å²) in [5.74, 6) is 1.36. The molecule has 0 aliphatic carbocycles. The van der Waals surface area contributed by atoms with Crippen LogP contribution in [0.3, 0.4) is 0 Å². The van der Waals surface area contributed by atoms with Crippen LogP contribution in [0.15, 0.2) is 24.8 Å². The first-order chi connectivity index (χ1) is 11.4. The first kappa shape index (κ1) is 18.2. The van der Waals surface area contributed by atoms with E-state index in [-0.39, 0.29) is 11.8 Å². The quantitative estimate of drug-likeness (QED) is 0.841. The lowest BCUT2D eigenvalue weighted by atomic mass is 9.97. The van der Waals surface area contributed by atoms with Gasteiger partial charge >= 0.3 is 0 Å². The number of nitrogens with zero attached hydrogens (tertiary/aromatic N) is 1. The summed E-state index contributed by atoms with van der Waals surface area (Å²) in [7, 11) is 1.85. The van der Waals surface area contributed by atoms with Gasteiger partial charge in [0.1, 0.15) is 5.75 Å². The zero-order chi connectivity index (χ0) is 17.7. The van der Waals surface area contributed by atoms with Gasteiger partial charge in [0.05, 0.1) is 12.2 Å². The van der Waals surface area contributed by atoms with Gasteiger partial charge in [0.25, 0.3) is 0 Å². The number of benzene rings is 1. The van der Waals surface area contributed by atoms with Gasteiger partial charge in [-0.15, -0.1) is 0 Å². The van der Waals surface area contributed by atoms with Crippen molar-refractivity contribution in [2.24, 2.45) is 17.6 Å². The smallest absolute Gasteiger partial charge is 0.225 e. The second-order valence-corrected chi connectivity index (χ2v) is 6.71. The largest absolute Gasteiger partial charge is 0.492 e. The van der Waals surface area contributed by atoms with Gasteiger partial charge in [-0.25, -0.2) is 0 Å². The molecule has 1 aromatic carbocycles. The Hall–Kier alpha value is -2.17. The number of carbonyl (C=O) groups excluding carboxylic acids is 1. The molecule has 1 aliphatic rings. The molecule has 1 aromatic rings. The van der Waals surface area contributed by atoms with Gasteiger partial charge in [-0.2, -0.15) is 0 Å². The van der Waals surface area contributed by atoms with Crippen molar-refractivity contribution < 1.29 is 9.53 Å². The first-order valence-electron chi connectivity index (χ1n) is 8.61. The Morgan fingerprint density at radius 1 is 1.50 bits per heavy atom. The molecule has 1 fully saturated rings. The third-order valence-corrected chi connectivity index (χ3v) is 4.42. The number of amides is 1. The van der Waals surface area contributed by atoms with Gasteiger partial charge in [0, 0.05) is 43.4 Å². The molecular formula is C19H29N3O2. The van der Waals surface area contributed by atoms with E-state index in [1.54, 1.807) is 0 Å². The van der Waals surface area contributed by atoms with Gasteiger partial charge in [0.2, 0.25) is 5.91 Å². The maximum atomic E-state index is 12.2. The molecule has 1 heterocycles. The van der Waals surface area contributed by atoms with Crippen molar-refractivity contribution in [3.05, 3.63) is 30.3 Å². The van der Waals surface area contributed by atoms with Crippen molar-refractivity contribution in [3.63, 3.8) is 0 Å². The van der Waals surface area contributed by atoms with Crippen LogP contribution < -0.4 is 15.8 Å². The Morgan fingerprint density at radius 2 is 2.25 bits per heavy atom. The molecule has 24 heavy (non-hydrogen) atoms. The highest BCUT2D eigenvalue weighted by Crippen LogP contribution is 2.31. The fraction of sp³-hybridized carbons (Fsp3) is 0.526. The van der Waals surface area contributed by atoms with Crippen LogP contribution in [0.4, 0.5) is 5.69 Å². The molecule has 0 radical (unpaired) electrons. The lowest BCUT2D eigenvalue weighted by Crippen LogP contribution is -2.43. The summed E-state index contributed by atoms with van der Waals surface area (Å²) in [5.41, 5.74) is 8.12. The minimum absolute atomic E-state index is 0.0455. The van der Waals surface area contributed by atoms with Crippen molar-refractivity contribution in [3.8, 4) is 5.75 Å². The zero-order valence-corrected chi connectivity index (χ0v) is 15.0. The van der Waals surface area contributed by atoms with E-state index >= 15 is 0 Å². The Morgan fingerprint density at radius 3 is 2.88 bits per heavy atom. The number of nitrogens with one attached hydrogen (secondary N) is 1. The van der Waals surface area contributed by atoms with Gasteiger partial charge in [-0.05, 0) is 25.0 Å². The van der Waals surface area contributed by atoms with Crippen LogP contribution >= 0.6 is 0 Å². The van der Waals surface area contributed by atoms with E-state index in [4.69, 9.17) is 10.5 Å². The Kier molecular flexibility index (Phi) is 6.12. The van der Waals surface area contributed by atoms with E-state index in [0.717, 1.165) is 42.9 Å². The number of likely N-dealkylation sites (tertiary alicyclic amines) is 1. The molecule has 0 bridgehead atoms. The molecule has 5 heteroatoms. The molecule has 1 unspecified atom stereocenters. The molecule has 1 atom stereocenters. The molecule has 2 rings (SSSR count). The third kappa shape index (κ3) is 4.22. The van der Waals surface area contributed by atoms with Crippen molar-refractivity contribution in [1.82, 2.24) is 4.90 Å². The Bertz CT molecular complexity index is 598. The summed E-state index contributed by atoms with van der Waals surface area (Å²) in [6.07, 6.45) is 2.10. The van der Waals surface area contributed by atoms with Gasteiger partial charge in [-0.1, -0.05) is 26.5 Å². The minimum atomic E-state index is 0.0455. The molecule has 1 amide bonds. The number of piperidine rings is 1. The topological polar surface area (TPSA) is 67.6 Å². The number of hydrogen-bond donors (Lipinski definition) is 2. The van der Waals surface area contributed by atoms with E-state index in [1.807, 2.05) is 44.0 Å². The van der Waals surface area contributed by atoms with Crippen LogP contribution in [0.2, 0.25) is 0 Å². The second-order valence-electron chi connectivity index (χ2n) is 6.71. The second kappa shape index (κ2) is 8.08. The van der Waals surface area contributed by atoms with E-state index in [2.05, 4.69) is 11.9 Å². The van der Waals surface area contributed by atoms with Gasteiger partial charge in [-0.3, -0.25) is 4.79 Å². The lowest BCUT2D eigenvalue weighted by molar-refractivity contribution is -0.136. The number of ether oxygens (including phenoxy) is 1. The molecule has 1 aliphatic heterocycles. The van der Waals surface area contributed by atoms with E-state index in [9.17, 15) is 4.79 Å². The number of anilines is 1. The van der Waals surface area contributed by atoms with Crippen LogP contribution in [0.5, 0.6) is 5.75 Å². The minimum Gasteiger partial charge on any atom is -0.492 e. The average Bonchev–Trinajstić information content (AvgIpc) is 2.58. The molecule has 5 nitrogen and oxygen atoms in total. The molecule has 1 saturated heterocycles. The SMILES string of the molecule is C=C(N)c1c(NC)cccc1OCC1CCCN(C(=O)C(C)C)C1. The zero-order valence-electron chi connectivity index (χ0n) is 15.0. The van der Waals surface area contributed by atoms with Crippen LogP contribution in [0.25, 0.3) is 5.70 Å². The predicted molar refractivity (Wildman–Crippen MR) is 98.8 cm³/mol. The fourth-order valence-corrected chi connectivity index (χ4v) is 3.17. The normalized spacial score (nSPS) is 17.7. The Labute approximate surface area is 144 Å². The number of carbonyl (C=O) groups is 1. The van der Waals surface area contributed by atoms with Crippen molar-refractivity contribution in [2.45, 2.75) is 26.7 Å². The van der Waals surface area contributed by atoms with Crippen LogP contribution in [0, 0.1) is 11.8 Å². The molecule has 0 aromatic heterocycles. The van der Waals surface area contributed by atoms with E-state index in [0.29, 0.717) is 18.2 Å². The predicted octanol–water partition coefficient (Wildman–Crippen LogP) is 2.93. The monoisotopic (exact) mass is 331 g/mol. The third-order valence-electron chi connectivity index (χ3n) is 4.42. The standard InChI is InChI=1S/C19H29N3O2/c1-13(2)19(23)22-10-6-7-15(11-22)12-24-17-9-5-8-16(21-4)18(17)14(3)20/h5,8-9,13,15,21H,3,6-7,10-12,20H2,1-2,4H3. The van der Waals surface area contributed by atoms with Crippen molar-refractivity contribution >= 4 is 17.3 Å². The van der Waals surface area contributed by atoms with Gasteiger partial charge < -0.3 is 20.7 Å². The summed E-state index contributed by atoms with van der Waals surface area (Å²) >= 11 is 0. The summed E-state index contributed by atoms with van der Waals surface area (Å²) in [4.78, 5) is 14.2. The summed E-state index contributed by atoms with van der Waals surface area (Å²) in [6.45, 7) is 9.95. The van der Waals surface area contributed by atoms with E-state index < -0.39 is 0 Å². The molecule has 0 spiro atoms. The molecule has 0 saturated carbocycles. The lowest BCUT2D eigenvalue weighted by Gasteiger charge is -2.34. The number of hydrogen-bond acceptors (Lipinski definition) is 4. The number of nitrogens with two attached hydrogens (primary N) is 1. The highest BCUT2D eigenvalue weighted by molar-refractivity contribution is 5.78. The summed E-state index contributed by atoms with van der Waals surface area (Å²) in [6, 6.07) is 5.79. The van der Waals surface area contributed by atoms with Crippen LogP contribution in [-0.2, 0) is 4.79 Å². The summed E-state index contributed by atoms with van der Waals surface area (Å²) < 4.78 is 6.05. The Balaban J connectivity index is 2.03. The van der Waals surface area contributed by atoms with E-state index in [1.165, 1.54) is 0 Å². The van der Waals surface area contributed by atoms with Crippen molar-refractivity contribution in [1.29, 1.82) is 0 Å². The van der Waals surface area contributed by atoms with Crippen molar-refractivity contribution in [2.75, 3.05) is 32.1 Å². The van der Waals surface area contributed by atoms with Gasteiger partial charge in [0.15, 0.2) is 0 Å². The highest BCUT2D eigenvalue weighted by atomic mass is 16.5. The van der Waals surface area contributed by atoms with Crippen LogP contribution in [0.1, 0.15) is 32.3 Å². The summed E-state index contributed by atoms with van der Waals surface area (Å²) in [5, 5.41) is 3.12. The number of rotatable bonds is 6. The molecule has 3 N–H and O–H groups in total. The maximum Gasteiger partial charge on any atom is 0.225 e. The maximum absolute atomic E-state index is 12.2. The van der Waals surface area contributed by atoms with Crippen LogP contribution in [-0.4, -0.2) is 37.6 Å². The first-order valence-corrected chi connectivity index (χ1v) is 8.61.